The van der Waals surface area contributed by atoms with Crippen LogP contribution in [-0.4, -0.2) is 24.6 Å². The number of ether oxygens (including phenoxy) is 3. The second kappa shape index (κ2) is 5.06. The van der Waals surface area contributed by atoms with E-state index in [-0.39, 0.29) is 12.9 Å². The molecule has 0 saturated heterocycles. The van der Waals surface area contributed by atoms with Crippen molar-refractivity contribution in [2.45, 2.75) is 31.8 Å². The molecule has 1 aliphatic heterocycles. The van der Waals surface area contributed by atoms with Gasteiger partial charge in [0.15, 0.2) is 11.5 Å². The topological polar surface area (TPSA) is 47.9 Å². The predicted octanol–water partition coefficient (Wildman–Crippen LogP) is 2.35. The van der Waals surface area contributed by atoms with E-state index in [1.54, 1.807) is 0 Å². The summed E-state index contributed by atoms with van der Waals surface area (Å²) < 4.78 is 16.1. The van der Waals surface area contributed by atoms with Crippen LogP contribution in [0.2, 0.25) is 0 Å². The van der Waals surface area contributed by atoms with Crippen molar-refractivity contribution in [1.82, 2.24) is 0 Å². The molecule has 1 atom stereocenters. The van der Waals surface area contributed by atoms with Crippen LogP contribution in [0.1, 0.15) is 25.7 Å². The summed E-state index contributed by atoms with van der Waals surface area (Å²) in [5, 5.41) is 10.0. The highest BCUT2D eigenvalue weighted by molar-refractivity contribution is 5.46. The molecule has 4 heteroatoms. The number of fused-ring (bicyclic) bond motifs is 1. The fourth-order valence-electron chi connectivity index (χ4n) is 2.63. The monoisotopic (exact) mass is 250 g/mol. The van der Waals surface area contributed by atoms with Gasteiger partial charge in [-0.25, -0.2) is 0 Å². The smallest absolute Gasteiger partial charge is 0.231 e. The van der Waals surface area contributed by atoms with Crippen molar-refractivity contribution in [2.24, 2.45) is 5.92 Å². The fourth-order valence-corrected chi connectivity index (χ4v) is 2.63. The third kappa shape index (κ3) is 2.38. The Bertz CT molecular complexity index is 412. The molecule has 1 aromatic carbocycles. The maximum absolute atomic E-state index is 10.0. The molecule has 1 heterocycles. The van der Waals surface area contributed by atoms with Crippen LogP contribution in [0.5, 0.6) is 17.2 Å². The molecule has 1 fully saturated rings. The molecule has 3 rings (SSSR count). The number of rotatable bonds is 4. The molecule has 0 spiro atoms. The highest BCUT2D eigenvalue weighted by Gasteiger charge is 2.23. The van der Waals surface area contributed by atoms with Gasteiger partial charge in [-0.1, -0.05) is 12.8 Å². The minimum absolute atomic E-state index is 0.267. The van der Waals surface area contributed by atoms with E-state index in [2.05, 4.69) is 0 Å². The number of aliphatic hydroxyl groups is 1. The van der Waals surface area contributed by atoms with Gasteiger partial charge in [0.05, 0.1) is 6.10 Å². The van der Waals surface area contributed by atoms with Crippen LogP contribution in [0, 0.1) is 5.92 Å². The van der Waals surface area contributed by atoms with Gasteiger partial charge in [-0.3, -0.25) is 0 Å². The molecule has 0 aromatic heterocycles. The van der Waals surface area contributed by atoms with Gasteiger partial charge >= 0.3 is 0 Å². The summed E-state index contributed by atoms with van der Waals surface area (Å²) in [5.74, 6) is 2.58. The summed E-state index contributed by atoms with van der Waals surface area (Å²) in [5.41, 5.74) is 0. The van der Waals surface area contributed by atoms with E-state index >= 15 is 0 Å². The Labute approximate surface area is 106 Å². The van der Waals surface area contributed by atoms with Crippen molar-refractivity contribution < 1.29 is 19.3 Å². The number of benzene rings is 1. The molecule has 0 radical (unpaired) electrons. The number of hydrogen-bond donors (Lipinski definition) is 1. The Morgan fingerprint density at radius 2 is 2.00 bits per heavy atom. The van der Waals surface area contributed by atoms with Gasteiger partial charge in [0.1, 0.15) is 12.4 Å². The first-order chi connectivity index (χ1) is 8.83. The standard InChI is InChI=1S/C14H18O4/c15-12(10-3-1-2-4-10)8-16-11-5-6-13-14(7-11)18-9-17-13/h5-7,10,12,15H,1-4,8-9H2. The average Bonchev–Trinajstić information content (AvgIpc) is 3.05. The molecule has 4 nitrogen and oxygen atoms in total. The van der Waals surface area contributed by atoms with Gasteiger partial charge in [-0.05, 0) is 30.9 Å². The summed E-state index contributed by atoms with van der Waals surface area (Å²) in [6, 6.07) is 5.48. The molecule has 1 unspecified atom stereocenters. The van der Waals surface area contributed by atoms with E-state index in [4.69, 9.17) is 14.2 Å². The zero-order valence-electron chi connectivity index (χ0n) is 10.3. The van der Waals surface area contributed by atoms with Crippen LogP contribution in [0.3, 0.4) is 0 Å². The minimum atomic E-state index is -0.363. The lowest BCUT2D eigenvalue weighted by molar-refractivity contribution is 0.0592. The van der Waals surface area contributed by atoms with Crippen molar-refractivity contribution in [2.75, 3.05) is 13.4 Å². The molecule has 18 heavy (non-hydrogen) atoms. The predicted molar refractivity (Wildman–Crippen MR) is 66.0 cm³/mol. The Morgan fingerprint density at radius 3 is 2.83 bits per heavy atom. The molecule has 1 aliphatic carbocycles. The first-order valence-corrected chi connectivity index (χ1v) is 6.53. The molecule has 1 N–H and O–H groups in total. The second-order valence-corrected chi connectivity index (χ2v) is 4.94. The van der Waals surface area contributed by atoms with Crippen molar-refractivity contribution in [3.63, 3.8) is 0 Å². The van der Waals surface area contributed by atoms with E-state index in [0.29, 0.717) is 18.3 Å². The largest absolute Gasteiger partial charge is 0.491 e. The van der Waals surface area contributed by atoms with Crippen molar-refractivity contribution >= 4 is 0 Å². The number of hydrogen-bond acceptors (Lipinski definition) is 4. The first-order valence-electron chi connectivity index (χ1n) is 6.53. The lowest BCUT2D eigenvalue weighted by Gasteiger charge is -2.18. The van der Waals surface area contributed by atoms with Crippen LogP contribution < -0.4 is 14.2 Å². The van der Waals surface area contributed by atoms with Gasteiger partial charge in [0.2, 0.25) is 6.79 Å². The zero-order chi connectivity index (χ0) is 12.4. The Balaban J connectivity index is 1.56. The van der Waals surface area contributed by atoms with Gasteiger partial charge in [-0.15, -0.1) is 0 Å². The molecule has 98 valence electrons. The van der Waals surface area contributed by atoms with E-state index in [1.807, 2.05) is 18.2 Å². The Hall–Kier alpha value is -1.42. The second-order valence-electron chi connectivity index (χ2n) is 4.94. The molecule has 1 saturated carbocycles. The summed E-state index contributed by atoms with van der Waals surface area (Å²) in [4.78, 5) is 0. The SMILES string of the molecule is OC(COc1ccc2c(c1)OCO2)C1CCCC1. The third-order valence-electron chi connectivity index (χ3n) is 3.71. The molecule has 0 bridgehead atoms. The highest BCUT2D eigenvalue weighted by atomic mass is 16.7. The highest BCUT2D eigenvalue weighted by Crippen LogP contribution is 2.35. The van der Waals surface area contributed by atoms with Crippen molar-refractivity contribution in [1.29, 1.82) is 0 Å². The van der Waals surface area contributed by atoms with Crippen LogP contribution in [-0.2, 0) is 0 Å². The van der Waals surface area contributed by atoms with E-state index in [1.165, 1.54) is 12.8 Å². The van der Waals surface area contributed by atoms with Crippen molar-refractivity contribution in [3.8, 4) is 17.2 Å². The maximum Gasteiger partial charge on any atom is 0.231 e. The van der Waals surface area contributed by atoms with Crippen LogP contribution in [0.25, 0.3) is 0 Å². The average molecular weight is 250 g/mol. The maximum atomic E-state index is 10.0. The van der Waals surface area contributed by atoms with Gasteiger partial charge in [0.25, 0.3) is 0 Å². The summed E-state index contributed by atoms with van der Waals surface area (Å²) >= 11 is 0. The van der Waals surface area contributed by atoms with Gasteiger partial charge in [0, 0.05) is 6.07 Å². The Kier molecular flexibility index (Phi) is 3.28. The van der Waals surface area contributed by atoms with Crippen molar-refractivity contribution in [3.05, 3.63) is 18.2 Å². The molecular weight excluding hydrogens is 232 g/mol. The first kappa shape index (κ1) is 11.7. The van der Waals surface area contributed by atoms with Crippen LogP contribution in [0.4, 0.5) is 0 Å². The zero-order valence-corrected chi connectivity index (χ0v) is 10.3. The summed E-state index contributed by atoms with van der Waals surface area (Å²) in [6.45, 7) is 0.619. The van der Waals surface area contributed by atoms with Crippen LogP contribution in [0.15, 0.2) is 18.2 Å². The van der Waals surface area contributed by atoms with E-state index in [9.17, 15) is 5.11 Å². The summed E-state index contributed by atoms with van der Waals surface area (Å²) in [7, 11) is 0. The number of aliphatic hydroxyl groups excluding tert-OH is 1. The van der Waals surface area contributed by atoms with Gasteiger partial charge in [-0.2, -0.15) is 0 Å². The lowest BCUT2D eigenvalue weighted by Crippen LogP contribution is -2.25. The normalized spacial score (nSPS) is 20.1. The lowest BCUT2D eigenvalue weighted by atomic mass is 10.0. The molecular formula is C14H18O4. The fraction of sp³-hybridized carbons (Fsp3) is 0.571. The molecule has 2 aliphatic rings. The molecule has 0 amide bonds. The van der Waals surface area contributed by atoms with E-state index in [0.717, 1.165) is 24.3 Å². The third-order valence-corrected chi connectivity index (χ3v) is 3.71. The quantitative estimate of drug-likeness (QED) is 0.891. The summed E-state index contributed by atoms with van der Waals surface area (Å²) in [6.07, 6.45) is 4.33. The molecule has 1 aromatic rings. The van der Waals surface area contributed by atoms with Crippen LogP contribution >= 0.6 is 0 Å². The Morgan fingerprint density at radius 1 is 1.22 bits per heavy atom. The minimum Gasteiger partial charge on any atom is -0.491 e. The van der Waals surface area contributed by atoms with E-state index < -0.39 is 0 Å². The van der Waals surface area contributed by atoms with Gasteiger partial charge < -0.3 is 19.3 Å².